The van der Waals surface area contributed by atoms with Crippen LogP contribution in [-0.2, 0) is 20.7 Å². The Hall–Kier alpha value is -2.77. The fourth-order valence-electron chi connectivity index (χ4n) is 3.41. The summed E-state index contributed by atoms with van der Waals surface area (Å²) in [5.41, 5.74) is 0.463. The molecule has 8 nitrogen and oxygen atoms in total. The summed E-state index contributed by atoms with van der Waals surface area (Å²) in [5, 5.41) is 2.59. The third kappa shape index (κ3) is 8.11. The van der Waals surface area contributed by atoms with E-state index >= 15 is 0 Å². The first-order valence-corrected chi connectivity index (χ1v) is 10.8. The zero-order valence-electron chi connectivity index (χ0n) is 19.3. The lowest BCUT2D eigenvalue weighted by Crippen LogP contribution is -2.49. The predicted octanol–water partition coefficient (Wildman–Crippen LogP) is 2.60. The zero-order valence-corrected chi connectivity index (χ0v) is 19.3. The van der Waals surface area contributed by atoms with Crippen LogP contribution >= 0.6 is 0 Å². The second-order valence-electron chi connectivity index (χ2n) is 8.78. The van der Waals surface area contributed by atoms with Gasteiger partial charge in [0, 0.05) is 32.6 Å². The number of alkyl carbamates (subject to hydrolysis) is 1. The molecule has 0 aliphatic carbocycles. The molecule has 1 saturated heterocycles. The number of nitrogens with zero attached hydrogens (tertiary/aromatic N) is 2. The van der Waals surface area contributed by atoms with Crippen LogP contribution in [0.25, 0.3) is 0 Å². The summed E-state index contributed by atoms with van der Waals surface area (Å²) in [5.74, 6) is 0.714. The molecule has 1 heterocycles. The molecular weight excluding hydrogens is 398 g/mol. The lowest BCUT2D eigenvalue weighted by Gasteiger charge is -2.26. The summed E-state index contributed by atoms with van der Waals surface area (Å²) in [7, 11) is 1.63. The molecule has 0 bridgehead atoms. The molecule has 0 radical (unpaired) electrons. The third-order valence-corrected chi connectivity index (χ3v) is 5.05. The Labute approximate surface area is 184 Å². The molecule has 1 fully saturated rings. The zero-order chi connectivity index (χ0) is 23.0. The number of nitrogens with one attached hydrogen (secondary N) is 1. The third-order valence-electron chi connectivity index (χ3n) is 5.05. The van der Waals surface area contributed by atoms with Gasteiger partial charge in [0.2, 0.25) is 11.8 Å². The molecule has 1 aliphatic heterocycles. The normalized spacial score (nSPS) is 15.6. The number of amides is 3. The van der Waals surface area contributed by atoms with E-state index < -0.39 is 17.7 Å². The summed E-state index contributed by atoms with van der Waals surface area (Å²) in [6, 6.07) is 7.03. The summed E-state index contributed by atoms with van der Waals surface area (Å²) < 4.78 is 10.4. The standard InChI is InChI=1S/C23H35N3O5/c1-17(24-22(29)31-23(2,3)4)21(28)26-14-6-13-25(15-16-26)20(27)12-9-18-7-10-19(30-5)11-8-18/h7-8,10-11,17H,6,9,12-16H2,1-5H3,(H,24,29). The number of methoxy groups -OCH3 is 1. The lowest BCUT2D eigenvalue weighted by molar-refractivity contribution is -0.134. The highest BCUT2D eigenvalue weighted by Gasteiger charge is 2.27. The molecule has 0 spiro atoms. The van der Waals surface area contributed by atoms with Gasteiger partial charge >= 0.3 is 6.09 Å². The van der Waals surface area contributed by atoms with Gasteiger partial charge in [0.25, 0.3) is 0 Å². The number of ether oxygens (including phenoxy) is 2. The van der Waals surface area contributed by atoms with Gasteiger partial charge < -0.3 is 24.6 Å². The second-order valence-corrected chi connectivity index (χ2v) is 8.78. The molecule has 31 heavy (non-hydrogen) atoms. The molecule has 1 aromatic carbocycles. The molecule has 1 aromatic rings. The van der Waals surface area contributed by atoms with Crippen LogP contribution in [0.5, 0.6) is 5.75 Å². The first-order valence-electron chi connectivity index (χ1n) is 10.8. The van der Waals surface area contributed by atoms with E-state index in [0.717, 1.165) is 11.3 Å². The summed E-state index contributed by atoms with van der Waals surface area (Å²) in [6.45, 7) is 9.09. The number of hydrogen-bond acceptors (Lipinski definition) is 5. The van der Waals surface area contributed by atoms with Crippen molar-refractivity contribution in [1.82, 2.24) is 15.1 Å². The first-order chi connectivity index (χ1) is 14.6. The van der Waals surface area contributed by atoms with Crippen molar-refractivity contribution in [1.29, 1.82) is 0 Å². The van der Waals surface area contributed by atoms with Crippen molar-refractivity contribution >= 4 is 17.9 Å². The van der Waals surface area contributed by atoms with E-state index in [2.05, 4.69) is 5.32 Å². The average Bonchev–Trinajstić information content (AvgIpc) is 2.96. The van der Waals surface area contributed by atoms with E-state index in [-0.39, 0.29) is 11.8 Å². The van der Waals surface area contributed by atoms with E-state index in [1.54, 1.807) is 39.7 Å². The SMILES string of the molecule is COc1ccc(CCC(=O)N2CCCN(C(=O)C(C)NC(=O)OC(C)(C)C)CC2)cc1. The van der Waals surface area contributed by atoms with E-state index in [1.807, 2.05) is 29.2 Å². The van der Waals surface area contributed by atoms with Crippen LogP contribution in [0.2, 0.25) is 0 Å². The van der Waals surface area contributed by atoms with Crippen LogP contribution in [0.1, 0.15) is 46.1 Å². The van der Waals surface area contributed by atoms with Crippen molar-refractivity contribution in [3.8, 4) is 5.75 Å². The van der Waals surface area contributed by atoms with Gasteiger partial charge in [-0.1, -0.05) is 12.1 Å². The maximum absolute atomic E-state index is 12.7. The van der Waals surface area contributed by atoms with Gasteiger partial charge in [-0.05, 0) is 58.2 Å². The Kier molecular flexibility index (Phi) is 8.71. The number of carbonyl (C=O) groups excluding carboxylic acids is 3. The molecule has 1 unspecified atom stereocenters. The minimum absolute atomic E-state index is 0.0880. The smallest absolute Gasteiger partial charge is 0.408 e. The second kappa shape index (κ2) is 11.0. The number of benzene rings is 1. The van der Waals surface area contributed by atoms with Crippen molar-refractivity contribution < 1.29 is 23.9 Å². The Balaban J connectivity index is 1.81. The fourth-order valence-corrected chi connectivity index (χ4v) is 3.41. The predicted molar refractivity (Wildman–Crippen MR) is 118 cm³/mol. The number of aryl methyl sites for hydroxylation is 1. The quantitative estimate of drug-likeness (QED) is 0.745. The Morgan fingerprint density at radius 1 is 1.03 bits per heavy atom. The Morgan fingerprint density at radius 3 is 2.26 bits per heavy atom. The van der Waals surface area contributed by atoms with Crippen molar-refractivity contribution in [2.24, 2.45) is 0 Å². The van der Waals surface area contributed by atoms with Crippen molar-refractivity contribution in [2.75, 3.05) is 33.3 Å². The molecule has 1 N–H and O–H groups in total. The van der Waals surface area contributed by atoms with Crippen LogP contribution < -0.4 is 10.1 Å². The highest BCUT2D eigenvalue weighted by atomic mass is 16.6. The average molecular weight is 434 g/mol. The maximum Gasteiger partial charge on any atom is 0.408 e. The van der Waals surface area contributed by atoms with Gasteiger partial charge in [0.15, 0.2) is 0 Å². The molecule has 0 aromatic heterocycles. The topological polar surface area (TPSA) is 88.2 Å². The lowest BCUT2D eigenvalue weighted by atomic mass is 10.1. The molecule has 0 saturated carbocycles. The monoisotopic (exact) mass is 433 g/mol. The van der Waals surface area contributed by atoms with Gasteiger partial charge in [-0.15, -0.1) is 0 Å². The van der Waals surface area contributed by atoms with Crippen LogP contribution in [0.15, 0.2) is 24.3 Å². The fraction of sp³-hybridized carbons (Fsp3) is 0.609. The van der Waals surface area contributed by atoms with Gasteiger partial charge in [-0.3, -0.25) is 9.59 Å². The minimum atomic E-state index is -0.688. The van der Waals surface area contributed by atoms with E-state index in [0.29, 0.717) is 45.4 Å². The van der Waals surface area contributed by atoms with E-state index in [9.17, 15) is 14.4 Å². The van der Waals surface area contributed by atoms with Crippen molar-refractivity contribution in [3.63, 3.8) is 0 Å². The number of rotatable bonds is 6. The van der Waals surface area contributed by atoms with Crippen LogP contribution in [0.4, 0.5) is 4.79 Å². The molecule has 3 amide bonds. The number of carbonyl (C=O) groups is 3. The maximum atomic E-state index is 12.7. The molecule has 2 rings (SSSR count). The van der Waals surface area contributed by atoms with E-state index in [1.165, 1.54) is 0 Å². The highest BCUT2D eigenvalue weighted by molar-refractivity contribution is 5.85. The Morgan fingerprint density at radius 2 is 1.65 bits per heavy atom. The Bertz CT molecular complexity index is 757. The van der Waals surface area contributed by atoms with Crippen molar-refractivity contribution in [2.45, 2.75) is 58.6 Å². The van der Waals surface area contributed by atoms with Crippen LogP contribution in [0.3, 0.4) is 0 Å². The van der Waals surface area contributed by atoms with Crippen molar-refractivity contribution in [3.05, 3.63) is 29.8 Å². The molecular formula is C23H35N3O5. The molecule has 8 heteroatoms. The first kappa shape index (κ1) is 24.5. The van der Waals surface area contributed by atoms with E-state index in [4.69, 9.17) is 9.47 Å². The van der Waals surface area contributed by atoms with Crippen LogP contribution in [0, 0.1) is 0 Å². The highest BCUT2D eigenvalue weighted by Crippen LogP contribution is 2.14. The molecule has 1 atom stereocenters. The molecule has 172 valence electrons. The largest absolute Gasteiger partial charge is 0.497 e. The van der Waals surface area contributed by atoms with Gasteiger partial charge in [-0.25, -0.2) is 4.79 Å². The van der Waals surface area contributed by atoms with Crippen LogP contribution in [-0.4, -0.2) is 72.6 Å². The summed E-state index contributed by atoms with van der Waals surface area (Å²) in [4.78, 5) is 40.8. The molecule has 1 aliphatic rings. The number of hydrogen-bond donors (Lipinski definition) is 1. The minimum Gasteiger partial charge on any atom is -0.497 e. The van der Waals surface area contributed by atoms with Gasteiger partial charge in [-0.2, -0.15) is 0 Å². The van der Waals surface area contributed by atoms with Gasteiger partial charge in [0.05, 0.1) is 7.11 Å². The summed E-state index contributed by atoms with van der Waals surface area (Å²) >= 11 is 0. The van der Waals surface area contributed by atoms with Gasteiger partial charge in [0.1, 0.15) is 17.4 Å². The summed E-state index contributed by atoms with van der Waals surface area (Å²) in [6.07, 6.45) is 1.19.